The molecule has 4 rings (SSSR count). The van der Waals surface area contributed by atoms with Crippen molar-refractivity contribution in [3.8, 4) is 11.5 Å². The van der Waals surface area contributed by atoms with Gasteiger partial charge in [0.25, 0.3) is 10.0 Å². The fraction of sp³-hybridized carbons (Fsp3) is 0.321. The second kappa shape index (κ2) is 12.7. The zero-order valence-electron chi connectivity index (χ0n) is 23.0. The van der Waals surface area contributed by atoms with Gasteiger partial charge in [-0.2, -0.15) is 4.31 Å². The number of hydrogen-bond donors (Lipinski definition) is 1. The average Bonchev–Trinajstić information content (AvgIpc) is 2.96. The first kappa shape index (κ1) is 30.6. The maximum atomic E-state index is 13.7. The van der Waals surface area contributed by atoms with Crippen molar-refractivity contribution in [1.29, 1.82) is 0 Å². The number of sulfonamides is 2. The summed E-state index contributed by atoms with van der Waals surface area (Å²) in [5, 5.41) is 2.80. The second-order valence-electron chi connectivity index (χ2n) is 9.52. The Morgan fingerprint density at radius 3 is 2.15 bits per heavy atom. The van der Waals surface area contributed by atoms with Crippen molar-refractivity contribution in [2.24, 2.45) is 0 Å². The Kier molecular flexibility index (Phi) is 9.48. The van der Waals surface area contributed by atoms with Gasteiger partial charge in [-0.25, -0.2) is 16.8 Å². The average molecular weight is 622 g/mol. The Balaban J connectivity index is 1.66. The molecule has 13 heteroatoms. The van der Waals surface area contributed by atoms with Gasteiger partial charge in [0.1, 0.15) is 22.9 Å². The normalized spacial score (nSPS) is 14.3. The molecule has 3 aromatic carbocycles. The number of nitrogens with zero attached hydrogens (tertiary/aromatic N) is 2. The molecule has 0 radical (unpaired) electrons. The lowest BCUT2D eigenvalue weighted by Gasteiger charge is -2.27. The summed E-state index contributed by atoms with van der Waals surface area (Å²) in [7, 11) is -5.27. The molecule has 1 amide bonds. The van der Waals surface area contributed by atoms with Crippen molar-refractivity contribution < 1.29 is 31.1 Å². The quantitative estimate of drug-likeness (QED) is 0.349. The highest BCUT2D eigenvalue weighted by molar-refractivity contribution is 7.92. The van der Waals surface area contributed by atoms with E-state index in [2.05, 4.69) is 5.32 Å². The first-order chi connectivity index (χ1) is 19.5. The molecule has 0 aromatic heterocycles. The summed E-state index contributed by atoms with van der Waals surface area (Å²) in [5.41, 5.74) is 1.19. The second-order valence-corrected chi connectivity index (χ2v) is 13.7. The van der Waals surface area contributed by atoms with Crippen LogP contribution >= 0.6 is 11.6 Å². The monoisotopic (exact) mass is 621 g/mol. The van der Waals surface area contributed by atoms with Crippen molar-refractivity contribution in [3.63, 3.8) is 0 Å². The number of rotatable bonds is 10. The molecule has 1 N–H and O–H groups in total. The largest absolute Gasteiger partial charge is 0.495 e. The van der Waals surface area contributed by atoms with Crippen LogP contribution in [0.15, 0.2) is 70.5 Å². The van der Waals surface area contributed by atoms with Crippen LogP contribution in [0.4, 0.5) is 11.4 Å². The molecular weight excluding hydrogens is 590 g/mol. The van der Waals surface area contributed by atoms with Crippen molar-refractivity contribution in [2.45, 2.75) is 36.0 Å². The first-order valence-electron chi connectivity index (χ1n) is 12.9. The molecule has 0 atom stereocenters. The Hall–Kier alpha value is -3.32. The maximum Gasteiger partial charge on any atom is 0.264 e. The predicted octanol–water partition coefficient (Wildman–Crippen LogP) is 4.67. The Labute approximate surface area is 245 Å². The number of halogens is 1. The van der Waals surface area contributed by atoms with Gasteiger partial charge in [0.05, 0.1) is 29.8 Å². The van der Waals surface area contributed by atoms with Gasteiger partial charge < -0.3 is 14.8 Å². The van der Waals surface area contributed by atoms with Crippen LogP contribution in [0.2, 0.25) is 5.02 Å². The Morgan fingerprint density at radius 1 is 0.902 bits per heavy atom. The number of hydrogen-bond acceptors (Lipinski definition) is 7. The van der Waals surface area contributed by atoms with Gasteiger partial charge in [-0.05, 0) is 68.3 Å². The minimum Gasteiger partial charge on any atom is -0.495 e. The summed E-state index contributed by atoms with van der Waals surface area (Å²) in [6, 6.07) is 14.9. The summed E-state index contributed by atoms with van der Waals surface area (Å²) < 4.78 is 67.0. The van der Waals surface area contributed by atoms with Crippen molar-refractivity contribution in [1.82, 2.24) is 4.31 Å². The number of amides is 1. The van der Waals surface area contributed by atoms with E-state index in [4.69, 9.17) is 21.1 Å². The third-order valence-corrected chi connectivity index (χ3v) is 10.7. The van der Waals surface area contributed by atoms with Crippen LogP contribution in [0.3, 0.4) is 0 Å². The lowest BCUT2D eigenvalue weighted by atomic mass is 10.2. The minimum atomic E-state index is -4.20. The third-order valence-electron chi connectivity index (χ3n) is 6.70. The van der Waals surface area contributed by atoms with Gasteiger partial charge in [-0.1, -0.05) is 35.7 Å². The van der Waals surface area contributed by atoms with Gasteiger partial charge >= 0.3 is 0 Å². The van der Waals surface area contributed by atoms with Gasteiger partial charge in [0.15, 0.2) is 0 Å². The summed E-state index contributed by atoms with van der Waals surface area (Å²) in [5.74, 6) is -0.211. The van der Waals surface area contributed by atoms with Gasteiger partial charge in [-0.15, -0.1) is 0 Å². The fourth-order valence-corrected chi connectivity index (χ4v) is 7.86. The number of anilines is 2. The van der Waals surface area contributed by atoms with E-state index in [9.17, 15) is 21.6 Å². The van der Waals surface area contributed by atoms with Gasteiger partial charge in [-0.3, -0.25) is 9.10 Å². The number of aryl methyl sites for hydroxylation is 1. The van der Waals surface area contributed by atoms with E-state index in [0.29, 0.717) is 18.8 Å². The van der Waals surface area contributed by atoms with Crippen LogP contribution in [-0.4, -0.2) is 60.9 Å². The third kappa shape index (κ3) is 6.78. The van der Waals surface area contributed by atoms with Crippen LogP contribution in [0.5, 0.6) is 11.5 Å². The number of ether oxygens (including phenoxy) is 2. The van der Waals surface area contributed by atoms with E-state index in [1.807, 2.05) is 6.92 Å². The Bertz CT molecular complexity index is 1620. The van der Waals surface area contributed by atoms with Crippen LogP contribution in [-0.2, 0) is 24.8 Å². The topological polar surface area (TPSA) is 122 Å². The van der Waals surface area contributed by atoms with Crippen molar-refractivity contribution in [2.75, 3.05) is 43.5 Å². The maximum absolute atomic E-state index is 13.7. The van der Waals surface area contributed by atoms with Crippen LogP contribution < -0.4 is 19.1 Å². The van der Waals surface area contributed by atoms with Crippen molar-refractivity contribution >= 4 is 48.9 Å². The SMILES string of the molecule is COc1ccc(N(CC(=O)Nc2ccc(OC)c(S(=O)(=O)N3CCCCC3)c2)S(=O)(=O)c2ccc(C)cc2)cc1Cl. The predicted molar refractivity (Wildman–Crippen MR) is 158 cm³/mol. The number of carbonyl (C=O) groups is 1. The molecule has 1 saturated heterocycles. The van der Waals surface area contributed by atoms with Gasteiger partial charge in [0.2, 0.25) is 15.9 Å². The lowest BCUT2D eigenvalue weighted by molar-refractivity contribution is -0.114. The number of methoxy groups -OCH3 is 2. The van der Waals surface area contributed by atoms with Gasteiger partial charge in [0, 0.05) is 18.8 Å². The molecular formula is C28H32ClN3O7S2. The van der Waals surface area contributed by atoms with E-state index in [-0.39, 0.29) is 31.9 Å². The molecule has 1 aliphatic rings. The number of piperidine rings is 1. The number of carbonyl (C=O) groups excluding carboxylic acids is 1. The molecule has 1 heterocycles. The smallest absolute Gasteiger partial charge is 0.264 e. The van der Waals surface area contributed by atoms with Crippen LogP contribution in [0.1, 0.15) is 24.8 Å². The van der Waals surface area contributed by atoms with E-state index in [1.165, 1.54) is 67.1 Å². The summed E-state index contributed by atoms with van der Waals surface area (Å²) in [6.45, 7) is 2.02. The van der Waals surface area contributed by atoms with E-state index in [0.717, 1.165) is 29.1 Å². The highest BCUT2D eigenvalue weighted by Gasteiger charge is 2.31. The summed E-state index contributed by atoms with van der Waals surface area (Å²) in [4.78, 5) is 13.2. The zero-order chi connectivity index (χ0) is 29.8. The van der Waals surface area contributed by atoms with E-state index < -0.39 is 32.5 Å². The molecule has 1 fully saturated rings. The molecule has 0 aliphatic carbocycles. The first-order valence-corrected chi connectivity index (χ1v) is 16.1. The fourth-order valence-electron chi connectivity index (χ4n) is 4.49. The Morgan fingerprint density at radius 2 is 1.54 bits per heavy atom. The molecule has 10 nitrogen and oxygen atoms in total. The minimum absolute atomic E-state index is 0.0119. The highest BCUT2D eigenvalue weighted by atomic mass is 35.5. The standard InChI is InChI=1S/C28H32ClN3O7S2/c1-20-7-11-23(12-8-20)40(34,35)32(22-10-14-25(38-2)24(29)18-22)19-28(33)30-21-9-13-26(39-3)27(17-21)41(36,37)31-15-5-4-6-16-31/h7-14,17-18H,4-6,15-16,19H2,1-3H3,(H,30,33). The molecule has 0 bridgehead atoms. The molecule has 3 aromatic rings. The molecule has 0 saturated carbocycles. The lowest BCUT2D eigenvalue weighted by Crippen LogP contribution is -2.38. The molecule has 0 unspecified atom stereocenters. The zero-order valence-corrected chi connectivity index (χ0v) is 25.4. The molecule has 220 valence electrons. The van der Waals surface area contributed by atoms with Crippen molar-refractivity contribution in [3.05, 3.63) is 71.2 Å². The summed E-state index contributed by atoms with van der Waals surface area (Å²) >= 11 is 6.29. The highest BCUT2D eigenvalue weighted by Crippen LogP contribution is 2.33. The number of nitrogens with one attached hydrogen (secondary N) is 1. The molecule has 1 aliphatic heterocycles. The number of benzene rings is 3. The van der Waals surface area contributed by atoms with E-state index >= 15 is 0 Å². The van der Waals surface area contributed by atoms with E-state index in [1.54, 1.807) is 12.1 Å². The van der Waals surface area contributed by atoms with Crippen LogP contribution in [0.25, 0.3) is 0 Å². The molecule has 41 heavy (non-hydrogen) atoms. The van der Waals surface area contributed by atoms with Crippen LogP contribution in [0, 0.1) is 6.92 Å². The molecule has 0 spiro atoms. The summed E-state index contributed by atoms with van der Waals surface area (Å²) in [6.07, 6.45) is 2.48.